The summed E-state index contributed by atoms with van der Waals surface area (Å²) < 4.78 is 2.85. The molecule has 0 unspecified atom stereocenters. The molecule has 0 aliphatic carbocycles. The Hall–Kier alpha value is -4.49. The molecule has 6 N–H and O–H groups in total. The number of nitrogens with two attached hydrogens (primary N) is 1. The van der Waals surface area contributed by atoms with Crippen molar-refractivity contribution < 1.29 is 19.5 Å². The normalized spacial score (nSPS) is 10.6. The number of carbonyl (C=O) groups is 3. The summed E-state index contributed by atoms with van der Waals surface area (Å²) in [5, 5.41) is 33.7. The smallest absolute Gasteiger partial charge is 0.358 e. The van der Waals surface area contributed by atoms with Crippen LogP contribution in [-0.2, 0) is 13.1 Å². The van der Waals surface area contributed by atoms with Crippen molar-refractivity contribution in [3.05, 3.63) is 47.1 Å². The predicted octanol–water partition coefficient (Wildman–Crippen LogP) is -1.03. The largest absolute Gasteiger partial charge is 0.476 e. The van der Waals surface area contributed by atoms with Crippen molar-refractivity contribution >= 4 is 29.5 Å². The first-order valence-electron chi connectivity index (χ1n) is 8.55. The predicted molar refractivity (Wildman–Crippen MR) is 103 cm³/mol. The van der Waals surface area contributed by atoms with Gasteiger partial charge in [-0.3, -0.25) is 24.4 Å². The molecular formula is C16H18N10O4. The Kier molecular flexibility index (Phi) is 5.57. The average molecular weight is 414 g/mol. The number of hydrogen-bond donors (Lipinski definition) is 5. The molecule has 0 spiro atoms. The van der Waals surface area contributed by atoms with Crippen molar-refractivity contribution in [3.63, 3.8) is 0 Å². The summed E-state index contributed by atoms with van der Waals surface area (Å²) >= 11 is 0. The van der Waals surface area contributed by atoms with Gasteiger partial charge in [-0.2, -0.15) is 15.0 Å². The molecule has 30 heavy (non-hydrogen) atoms. The molecular weight excluding hydrogens is 396 g/mol. The minimum Gasteiger partial charge on any atom is -0.476 e. The molecule has 0 aromatic carbocycles. The second-order valence-corrected chi connectivity index (χ2v) is 6.02. The summed E-state index contributed by atoms with van der Waals surface area (Å²) in [5.74, 6) is 3.68. The molecule has 14 nitrogen and oxygen atoms in total. The molecule has 0 atom stereocenters. The zero-order chi connectivity index (χ0) is 21.8. The van der Waals surface area contributed by atoms with Gasteiger partial charge < -0.3 is 21.6 Å². The van der Waals surface area contributed by atoms with Crippen LogP contribution in [0.1, 0.15) is 31.5 Å². The monoisotopic (exact) mass is 414 g/mol. The summed E-state index contributed by atoms with van der Waals surface area (Å²) in [6.45, 7) is 0.532. The van der Waals surface area contributed by atoms with Gasteiger partial charge >= 0.3 is 5.97 Å². The first-order valence-corrected chi connectivity index (χ1v) is 8.55. The highest BCUT2D eigenvalue weighted by Gasteiger charge is 2.16. The van der Waals surface area contributed by atoms with Crippen molar-refractivity contribution in [2.24, 2.45) is 0 Å². The molecule has 0 fully saturated rings. The SMILES string of the molecule is CNc1cn(CCn2cc(NC(=O)c3ccc(=N)n(N)n3)c(C=O)n2)nc1C(=O)O. The molecule has 0 aliphatic heterocycles. The zero-order valence-electron chi connectivity index (χ0n) is 15.7. The number of amides is 1. The molecule has 3 rings (SSSR count). The third kappa shape index (κ3) is 4.16. The number of carboxylic acids is 1. The van der Waals surface area contributed by atoms with Gasteiger partial charge in [-0.05, 0) is 12.1 Å². The van der Waals surface area contributed by atoms with Crippen molar-refractivity contribution in [1.29, 1.82) is 5.41 Å². The summed E-state index contributed by atoms with van der Waals surface area (Å²) in [4.78, 5) is 35.6. The number of nitrogens with one attached hydrogen (secondary N) is 3. The zero-order valence-corrected chi connectivity index (χ0v) is 15.7. The van der Waals surface area contributed by atoms with E-state index in [-0.39, 0.29) is 41.3 Å². The minimum atomic E-state index is -1.16. The van der Waals surface area contributed by atoms with E-state index in [0.29, 0.717) is 12.0 Å². The van der Waals surface area contributed by atoms with E-state index >= 15 is 0 Å². The van der Waals surface area contributed by atoms with Gasteiger partial charge in [0.2, 0.25) is 0 Å². The number of aromatic carboxylic acids is 1. The molecule has 3 heterocycles. The Balaban J connectivity index is 1.73. The molecule has 1 amide bonds. The van der Waals surface area contributed by atoms with Crippen LogP contribution in [-0.4, -0.2) is 59.8 Å². The Morgan fingerprint density at radius 3 is 2.40 bits per heavy atom. The fourth-order valence-electron chi connectivity index (χ4n) is 2.56. The van der Waals surface area contributed by atoms with Crippen LogP contribution in [0.25, 0.3) is 0 Å². The second-order valence-electron chi connectivity index (χ2n) is 6.02. The molecule has 156 valence electrons. The van der Waals surface area contributed by atoms with Gasteiger partial charge in [-0.15, -0.1) is 5.10 Å². The van der Waals surface area contributed by atoms with Crippen LogP contribution in [0.3, 0.4) is 0 Å². The van der Waals surface area contributed by atoms with E-state index in [1.165, 1.54) is 27.7 Å². The van der Waals surface area contributed by atoms with Crippen LogP contribution < -0.4 is 22.0 Å². The number of rotatable bonds is 8. The van der Waals surface area contributed by atoms with E-state index in [4.69, 9.17) is 16.4 Å². The van der Waals surface area contributed by atoms with Crippen molar-refractivity contribution in [2.45, 2.75) is 13.1 Å². The number of aryl methyl sites for hydroxylation is 2. The Bertz CT molecular complexity index is 1180. The lowest BCUT2D eigenvalue weighted by Crippen LogP contribution is -2.31. The van der Waals surface area contributed by atoms with Crippen LogP contribution in [0, 0.1) is 5.41 Å². The Morgan fingerprint density at radius 2 is 1.83 bits per heavy atom. The van der Waals surface area contributed by atoms with Crippen molar-refractivity contribution in [3.8, 4) is 0 Å². The lowest BCUT2D eigenvalue weighted by molar-refractivity contribution is 0.0690. The number of aldehydes is 1. The van der Waals surface area contributed by atoms with E-state index in [1.54, 1.807) is 13.2 Å². The van der Waals surface area contributed by atoms with Gasteiger partial charge in [0.1, 0.15) is 5.69 Å². The molecule has 3 aromatic rings. The lowest BCUT2D eigenvalue weighted by Gasteiger charge is -2.04. The number of nitrogen functional groups attached to an aromatic ring is 1. The maximum atomic E-state index is 12.3. The van der Waals surface area contributed by atoms with Crippen LogP contribution in [0.4, 0.5) is 11.4 Å². The second kappa shape index (κ2) is 8.26. The first-order chi connectivity index (χ1) is 14.3. The standard InChI is InChI=1S/C16H18N10O4/c1-19-11-7-25(23-14(11)16(29)30)5-4-24-6-10(12(8-27)21-24)20-15(28)9-2-3-13(17)26(18)22-9/h2-3,6-8,17,19H,4-5,18H2,1H3,(H,20,28)(H,29,30). The minimum absolute atomic E-state index is 0.00342. The van der Waals surface area contributed by atoms with E-state index in [9.17, 15) is 14.4 Å². The number of nitrogens with zero attached hydrogens (tertiary/aromatic N) is 6. The molecule has 0 radical (unpaired) electrons. The van der Waals surface area contributed by atoms with E-state index in [1.807, 2.05) is 0 Å². The van der Waals surface area contributed by atoms with Crippen LogP contribution in [0.5, 0.6) is 0 Å². The van der Waals surface area contributed by atoms with E-state index < -0.39 is 11.9 Å². The van der Waals surface area contributed by atoms with Crippen molar-refractivity contribution in [1.82, 2.24) is 29.5 Å². The highest BCUT2D eigenvalue weighted by atomic mass is 16.4. The first kappa shape index (κ1) is 20.2. The molecule has 0 aliphatic rings. The maximum Gasteiger partial charge on any atom is 0.358 e. The van der Waals surface area contributed by atoms with E-state index in [2.05, 4.69) is 25.9 Å². The highest BCUT2D eigenvalue weighted by Crippen LogP contribution is 2.15. The quantitative estimate of drug-likeness (QED) is 0.226. The van der Waals surface area contributed by atoms with Crippen LogP contribution in [0.15, 0.2) is 24.5 Å². The van der Waals surface area contributed by atoms with E-state index in [0.717, 1.165) is 4.79 Å². The van der Waals surface area contributed by atoms with Gasteiger partial charge in [0, 0.05) is 19.4 Å². The molecule has 0 bridgehead atoms. The van der Waals surface area contributed by atoms with Crippen LogP contribution in [0.2, 0.25) is 0 Å². The fraction of sp³-hybridized carbons (Fsp3) is 0.188. The maximum absolute atomic E-state index is 12.3. The number of carboxylic acid groups (broad SMARTS) is 1. The van der Waals surface area contributed by atoms with Gasteiger partial charge in [-0.1, -0.05) is 0 Å². The highest BCUT2D eigenvalue weighted by molar-refractivity contribution is 6.04. The Morgan fingerprint density at radius 1 is 1.17 bits per heavy atom. The number of carbonyl (C=O) groups excluding carboxylic acids is 2. The third-order valence-electron chi connectivity index (χ3n) is 4.04. The molecule has 0 saturated carbocycles. The average Bonchev–Trinajstić information content (AvgIpc) is 3.31. The van der Waals surface area contributed by atoms with Gasteiger partial charge in [0.05, 0.1) is 24.5 Å². The molecule has 14 heteroatoms. The number of anilines is 2. The van der Waals surface area contributed by atoms with Gasteiger partial charge in [-0.25, -0.2) is 4.79 Å². The Labute approximate surface area is 168 Å². The molecule has 3 aromatic heterocycles. The third-order valence-corrected chi connectivity index (χ3v) is 4.04. The summed E-state index contributed by atoms with van der Waals surface area (Å²) in [5.41, 5.74) is 0.298. The van der Waals surface area contributed by atoms with Crippen molar-refractivity contribution in [2.75, 3.05) is 23.5 Å². The summed E-state index contributed by atoms with van der Waals surface area (Å²) in [6.07, 6.45) is 3.49. The molecule has 0 saturated heterocycles. The van der Waals surface area contributed by atoms with Gasteiger partial charge in [0.15, 0.2) is 23.2 Å². The number of aromatic nitrogens is 6. The lowest BCUT2D eigenvalue weighted by atomic mass is 10.3. The summed E-state index contributed by atoms with van der Waals surface area (Å²) in [7, 11) is 1.59. The number of hydrogen-bond acceptors (Lipinski definition) is 9. The van der Waals surface area contributed by atoms with Crippen LogP contribution >= 0.6 is 0 Å². The summed E-state index contributed by atoms with van der Waals surface area (Å²) in [6, 6.07) is 2.63. The topological polar surface area (TPSA) is 199 Å². The fourth-order valence-corrected chi connectivity index (χ4v) is 2.56. The van der Waals surface area contributed by atoms with Gasteiger partial charge in [0.25, 0.3) is 5.91 Å².